The molecule has 1 aliphatic carbocycles. The Morgan fingerprint density at radius 2 is 2.53 bits per heavy atom. The fourth-order valence-corrected chi connectivity index (χ4v) is 2.62. The van der Waals surface area contributed by atoms with Crippen LogP contribution < -0.4 is 4.90 Å². The van der Waals surface area contributed by atoms with Crippen molar-refractivity contribution >= 4 is 22.4 Å². The van der Waals surface area contributed by atoms with Crippen LogP contribution in [0.2, 0.25) is 0 Å². The molecule has 0 N–H and O–H groups in total. The highest BCUT2D eigenvalue weighted by Gasteiger charge is 2.47. The van der Waals surface area contributed by atoms with E-state index in [-0.39, 0.29) is 17.7 Å². The van der Waals surface area contributed by atoms with Gasteiger partial charge in [-0.3, -0.25) is 9.69 Å². The largest absolute Gasteiger partial charge is 0.469 e. The lowest BCUT2D eigenvalue weighted by molar-refractivity contribution is -0.119. The quantitative estimate of drug-likeness (QED) is 0.838. The second-order valence-electron chi connectivity index (χ2n) is 4.18. The van der Waals surface area contributed by atoms with Crippen LogP contribution >= 0.6 is 11.3 Å². The van der Waals surface area contributed by atoms with Gasteiger partial charge in [-0.15, -0.1) is 11.3 Å². The topological polar surface area (TPSA) is 46.3 Å². The predicted molar refractivity (Wildman–Crippen MR) is 65.1 cm³/mol. The van der Waals surface area contributed by atoms with Gasteiger partial charge in [0.15, 0.2) is 5.13 Å². The van der Waals surface area contributed by atoms with Gasteiger partial charge in [0, 0.05) is 30.5 Å². The molecule has 17 heavy (non-hydrogen) atoms. The highest BCUT2D eigenvalue weighted by atomic mass is 32.1. The van der Waals surface area contributed by atoms with Crippen molar-refractivity contribution in [1.82, 2.24) is 4.98 Å². The molecule has 2 aromatic heterocycles. The number of amides is 1. The van der Waals surface area contributed by atoms with E-state index in [1.54, 1.807) is 24.4 Å². The molecule has 0 bridgehead atoms. The van der Waals surface area contributed by atoms with E-state index in [2.05, 4.69) is 4.98 Å². The third-order valence-corrected chi connectivity index (χ3v) is 3.90. The van der Waals surface area contributed by atoms with Gasteiger partial charge in [0.25, 0.3) is 0 Å². The second kappa shape index (κ2) is 4.00. The van der Waals surface area contributed by atoms with Gasteiger partial charge in [0.05, 0.1) is 6.26 Å². The predicted octanol–water partition coefficient (Wildman–Crippen LogP) is 2.50. The molecule has 0 aliphatic heterocycles. The molecule has 0 spiro atoms. The molecular weight excluding hydrogens is 236 g/mol. The van der Waals surface area contributed by atoms with Gasteiger partial charge in [0.2, 0.25) is 5.91 Å². The van der Waals surface area contributed by atoms with E-state index >= 15 is 0 Å². The zero-order valence-electron chi connectivity index (χ0n) is 9.37. The summed E-state index contributed by atoms with van der Waals surface area (Å²) in [5, 5.41) is 2.62. The van der Waals surface area contributed by atoms with Gasteiger partial charge in [-0.05, 0) is 18.6 Å². The van der Waals surface area contributed by atoms with Gasteiger partial charge in [-0.25, -0.2) is 4.98 Å². The van der Waals surface area contributed by atoms with Gasteiger partial charge in [0.1, 0.15) is 5.76 Å². The van der Waals surface area contributed by atoms with Crippen LogP contribution in [-0.4, -0.2) is 17.9 Å². The van der Waals surface area contributed by atoms with Crippen molar-refractivity contribution in [1.29, 1.82) is 0 Å². The van der Waals surface area contributed by atoms with Crippen LogP contribution in [0.4, 0.5) is 5.13 Å². The van der Waals surface area contributed by atoms with E-state index in [9.17, 15) is 4.79 Å². The highest BCUT2D eigenvalue weighted by Crippen LogP contribution is 2.48. The minimum absolute atomic E-state index is 0.0510. The lowest BCUT2D eigenvalue weighted by atomic mass is 10.2. The van der Waals surface area contributed by atoms with Crippen LogP contribution in [0.1, 0.15) is 18.1 Å². The molecule has 0 saturated heterocycles. The van der Waals surface area contributed by atoms with Crippen LogP contribution in [0.3, 0.4) is 0 Å². The summed E-state index contributed by atoms with van der Waals surface area (Å²) in [6.07, 6.45) is 4.24. The first-order valence-electron chi connectivity index (χ1n) is 5.48. The molecular formula is C12H12N2O2S. The number of hydrogen-bond donors (Lipinski definition) is 0. The SMILES string of the molecule is CN(C(=O)C1CC1c1ccco1)c1nccs1. The first kappa shape index (κ1) is 10.5. The second-order valence-corrected chi connectivity index (χ2v) is 5.05. The minimum Gasteiger partial charge on any atom is -0.469 e. The Bertz CT molecular complexity index is 507. The first-order valence-corrected chi connectivity index (χ1v) is 6.36. The Morgan fingerprint density at radius 3 is 3.18 bits per heavy atom. The maximum Gasteiger partial charge on any atom is 0.232 e. The van der Waals surface area contributed by atoms with E-state index in [0.717, 1.165) is 17.3 Å². The number of hydrogen-bond acceptors (Lipinski definition) is 4. The summed E-state index contributed by atoms with van der Waals surface area (Å²) in [7, 11) is 1.78. The van der Waals surface area contributed by atoms with Gasteiger partial charge >= 0.3 is 0 Å². The maximum atomic E-state index is 12.2. The van der Waals surface area contributed by atoms with Gasteiger partial charge in [-0.2, -0.15) is 0 Å². The summed E-state index contributed by atoms with van der Waals surface area (Å²) in [4.78, 5) is 17.9. The minimum atomic E-state index is 0.0510. The molecule has 4 nitrogen and oxygen atoms in total. The van der Waals surface area contributed by atoms with Crippen LogP contribution in [-0.2, 0) is 4.79 Å². The van der Waals surface area contributed by atoms with E-state index in [1.807, 2.05) is 17.5 Å². The normalized spacial score (nSPS) is 22.4. The molecule has 1 aliphatic rings. The van der Waals surface area contributed by atoms with Crippen molar-refractivity contribution in [2.45, 2.75) is 12.3 Å². The number of furan rings is 1. The van der Waals surface area contributed by atoms with Gasteiger partial charge < -0.3 is 4.42 Å². The molecule has 2 atom stereocenters. The Hall–Kier alpha value is -1.62. The van der Waals surface area contributed by atoms with Crippen molar-refractivity contribution in [3.63, 3.8) is 0 Å². The van der Waals surface area contributed by atoms with E-state index in [1.165, 1.54) is 11.3 Å². The number of carbonyl (C=O) groups excluding carboxylic acids is 1. The first-order chi connectivity index (χ1) is 8.27. The van der Waals surface area contributed by atoms with E-state index in [4.69, 9.17) is 4.42 Å². The molecule has 2 heterocycles. The van der Waals surface area contributed by atoms with E-state index in [0.29, 0.717) is 0 Å². The fraction of sp³-hybridized carbons (Fsp3) is 0.333. The number of anilines is 1. The Kier molecular flexibility index (Phi) is 2.48. The van der Waals surface area contributed by atoms with Crippen LogP contribution in [0, 0.1) is 5.92 Å². The lowest BCUT2D eigenvalue weighted by Gasteiger charge is -2.13. The molecule has 1 fully saturated rings. The smallest absolute Gasteiger partial charge is 0.232 e. The Balaban J connectivity index is 1.69. The number of carbonyl (C=O) groups is 1. The zero-order chi connectivity index (χ0) is 11.8. The fourth-order valence-electron chi connectivity index (χ4n) is 2.01. The third-order valence-electron chi connectivity index (χ3n) is 3.05. The summed E-state index contributed by atoms with van der Waals surface area (Å²) in [6.45, 7) is 0. The van der Waals surface area contributed by atoms with Crippen molar-refractivity contribution in [3.8, 4) is 0 Å². The molecule has 3 rings (SSSR count). The van der Waals surface area contributed by atoms with Crippen LogP contribution in [0.5, 0.6) is 0 Å². The van der Waals surface area contributed by atoms with Crippen LogP contribution in [0.15, 0.2) is 34.4 Å². The number of thiazole rings is 1. The lowest BCUT2D eigenvalue weighted by Crippen LogP contribution is -2.27. The molecule has 2 unspecified atom stereocenters. The van der Waals surface area contributed by atoms with E-state index < -0.39 is 0 Å². The number of aromatic nitrogens is 1. The summed E-state index contributed by atoms with van der Waals surface area (Å²) in [5.74, 6) is 1.34. The third kappa shape index (κ3) is 1.86. The summed E-state index contributed by atoms with van der Waals surface area (Å²) < 4.78 is 5.32. The molecule has 1 amide bonds. The summed E-state index contributed by atoms with van der Waals surface area (Å²) >= 11 is 1.47. The standard InChI is InChI=1S/C12H12N2O2S/c1-14(12-13-4-6-17-12)11(15)9-7-8(9)10-3-2-5-16-10/h2-6,8-9H,7H2,1H3. The van der Waals surface area contributed by atoms with Crippen molar-refractivity contribution < 1.29 is 9.21 Å². The molecule has 1 saturated carbocycles. The molecule has 0 radical (unpaired) electrons. The number of rotatable bonds is 3. The highest BCUT2D eigenvalue weighted by molar-refractivity contribution is 7.13. The average Bonchev–Trinajstić information content (AvgIpc) is 2.82. The van der Waals surface area contributed by atoms with Crippen molar-refractivity contribution in [2.24, 2.45) is 5.92 Å². The zero-order valence-corrected chi connectivity index (χ0v) is 10.2. The van der Waals surface area contributed by atoms with Gasteiger partial charge in [-0.1, -0.05) is 0 Å². The average molecular weight is 248 g/mol. The molecule has 88 valence electrons. The molecule has 2 aromatic rings. The van der Waals surface area contributed by atoms with Crippen molar-refractivity contribution in [2.75, 3.05) is 11.9 Å². The Labute approximate surface area is 103 Å². The Morgan fingerprint density at radius 1 is 1.65 bits per heavy atom. The van der Waals surface area contributed by atoms with Crippen LogP contribution in [0.25, 0.3) is 0 Å². The molecule has 0 aromatic carbocycles. The molecule has 5 heteroatoms. The summed E-state index contributed by atoms with van der Waals surface area (Å²) in [6, 6.07) is 3.79. The monoisotopic (exact) mass is 248 g/mol. The number of nitrogens with zero attached hydrogens (tertiary/aromatic N) is 2. The van der Waals surface area contributed by atoms with Crippen molar-refractivity contribution in [3.05, 3.63) is 35.7 Å². The summed E-state index contributed by atoms with van der Waals surface area (Å²) in [5.41, 5.74) is 0. The maximum absolute atomic E-state index is 12.2.